The summed E-state index contributed by atoms with van der Waals surface area (Å²) in [6.45, 7) is 0. The van der Waals surface area contributed by atoms with Crippen LogP contribution in [-0.2, 0) is 0 Å². The normalized spacial score (nSPS) is 11.6. The van der Waals surface area contributed by atoms with Crippen LogP contribution in [0.4, 0.5) is 0 Å². The van der Waals surface area contributed by atoms with Crippen LogP contribution in [0.1, 0.15) is 0 Å². The molecule has 0 amide bonds. The maximum Gasteiger partial charge on any atom is 0.160 e. The van der Waals surface area contributed by atoms with Crippen molar-refractivity contribution in [3.8, 4) is 135 Å². The molecule has 0 saturated heterocycles. The Bertz CT molecular complexity index is 9860. The Kier molecular flexibility index (Phi) is 21.4. The van der Waals surface area contributed by atoms with E-state index in [1.54, 1.807) is 0 Å². The summed E-state index contributed by atoms with van der Waals surface area (Å²) < 4.78 is 0. The third-order valence-electron chi connectivity index (χ3n) is 28.7. The molecule has 29 rings (SSSR count). The summed E-state index contributed by atoms with van der Waals surface area (Å²) in [4.78, 5) is 45.9. The molecule has 0 aliphatic heterocycles. The van der Waals surface area contributed by atoms with Crippen molar-refractivity contribution in [2.24, 2.45) is 0 Å². The number of nitrogens with zero attached hydrogens (tertiary/aromatic N) is 9. The number of hydrogen-bond acceptors (Lipinski definition) is 9. The quantitative estimate of drug-likeness (QED) is 0.110. The third kappa shape index (κ3) is 15.7. The molecule has 6 heterocycles. The smallest absolute Gasteiger partial charge is 0.160 e. The fourth-order valence-electron chi connectivity index (χ4n) is 21.6. The summed E-state index contributed by atoms with van der Waals surface area (Å²) in [5.41, 5.74) is 20.8. The number of aromatic nitrogens is 9. The summed E-state index contributed by atoms with van der Waals surface area (Å²) in [5, 5.41) is 33.5. The van der Waals surface area contributed by atoms with Crippen LogP contribution in [0, 0.1) is 0 Å². The van der Waals surface area contributed by atoms with E-state index >= 15 is 0 Å². The SMILES string of the molecule is c1ccc(-c2ccc(-c3nc(-c4cc5ccccc5c5ccccc45)cc(-c4cc5ccccc5c5ccccc45)n3)cc2)nc1.c1ccc2c(-c3ccc(-c4nc(-c5cc6ccccc6c6ccccc56)cc(-c5cc6ccccc6c6ccccc56)n4)cc3)nccc2c1.c1ccc2cc(-c3ccc(-c4nc(-c5cc6ccccc6c6ccccc56)cc(-c5cc6ccccc6c6ccccc56)n4)cc3)ncc2c1. The van der Waals surface area contributed by atoms with Crippen LogP contribution in [-0.4, -0.2) is 44.9 Å². The maximum atomic E-state index is 5.32. The molecule has 23 aromatic carbocycles. The van der Waals surface area contributed by atoms with Gasteiger partial charge in [-0.1, -0.05) is 419 Å². The van der Waals surface area contributed by atoms with Gasteiger partial charge in [0.25, 0.3) is 0 Å². The number of benzene rings is 23. The second kappa shape index (κ2) is 36.6. The van der Waals surface area contributed by atoms with Gasteiger partial charge in [-0.15, -0.1) is 0 Å². The minimum absolute atomic E-state index is 0.685. The Morgan fingerprint density at radius 2 is 0.349 bits per heavy atom. The zero-order valence-electron chi connectivity index (χ0n) is 79.1. The van der Waals surface area contributed by atoms with Gasteiger partial charge in [0.15, 0.2) is 17.5 Å². The van der Waals surface area contributed by atoms with E-state index in [1.165, 1.54) is 140 Å². The van der Waals surface area contributed by atoms with Gasteiger partial charge < -0.3 is 0 Å². The fraction of sp³-hybridized carbons (Fsp3) is 0. The number of fused-ring (bicyclic) bond motifs is 20. The van der Waals surface area contributed by atoms with Gasteiger partial charge in [-0.05, 0) is 219 Å². The Morgan fingerprint density at radius 1 is 0.116 bits per heavy atom. The Morgan fingerprint density at radius 3 is 0.644 bits per heavy atom. The lowest BCUT2D eigenvalue weighted by atomic mass is 9.93. The summed E-state index contributed by atoms with van der Waals surface area (Å²) in [6.07, 6.45) is 5.65. The van der Waals surface area contributed by atoms with Gasteiger partial charge in [-0.2, -0.15) is 0 Å². The lowest BCUT2D eigenvalue weighted by molar-refractivity contribution is 1.19. The lowest BCUT2D eigenvalue weighted by Crippen LogP contribution is -1.97. The zero-order valence-corrected chi connectivity index (χ0v) is 79.1. The summed E-state index contributed by atoms with van der Waals surface area (Å²) >= 11 is 0. The monoisotopic (exact) mass is 1860 g/mol. The molecule has 0 bridgehead atoms. The molecule has 6 aromatic heterocycles. The topological polar surface area (TPSA) is 116 Å². The third-order valence-corrected chi connectivity index (χ3v) is 28.7. The number of hydrogen-bond donors (Lipinski definition) is 0. The molecule has 9 heteroatoms. The van der Waals surface area contributed by atoms with Crippen molar-refractivity contribution < 1.29 is 0 Å². The van der Waals surface area contributed by atoms with Gasteiger partial charge in [-0.25, -0.2) is 29.9 Å². The molecule has 0 fully saturated rings. The van der Waals surface area contributed by atoms with Crippen molar-refractivity contribution in [1.82, 2.24) is 44.9 Å². The molecule has 0 spiro atoms. The predicted octanol–water partition coefficient (Wildman–Crippen LogP) is 35.8. The average Bonchev–Trinajstić information content (AvgIpc) is 0.755. The highest BCUT2D eigenvalue weighted by atomic mass is 14.9. The molecule has 0 aliphatic carbocycles. The van der Waals surface area contributed by atoms with Crippen molar-refractivity contribution in [2.45, 2.75) is 0 Å². The first kappa shape index (κ1) is 85.6. The molecule has 0 N–H and O–H groups in total. The zero-order chi connectivity index (χ0) is 96.5. The summed E-state index contributed by atoms with van der Waals surface area (Å²) in [6, 6.07) is 176. The highest BCUT2D eigenvalue weighted by Crippen LogP contribution is 2.47. The van der Waals surface area contributed by atoms with Crippen LogP contribution in [0.25, 0.3) is 286 Å². The molecule has 0 atom stereocenters. The van der Waals surface area contributed by atoms with Crippen LogP contribution in [0.15, 0.2) is 516 Å². The van der Waals surface area contributed by atoms with Gasteiger partial charge in [0.1, 0.15) is 0 Å². The molecule has 146 heavy (non-hydrogen) atoms. The highest BCUT2D eigenvalue weighted by molar-refractivity contribution is 6.20. The summed E-state index contributed by atoms with van der Waals surface area (Å²) in [7, 11) is 0. The lowest BCUT2D eigenvalue weighted by Gasteiger charge is -2.15. The van der Waals surface area contributed by atoms with Crippen LogP contribution in [0.2, 0.25) is 0 Å². The Hall–Kier alpha value is -19.6. The first-order valence-electron chi connectivity index (χ1n) is 49.4. The van der Waals surface area contributed by atoms with Crippen LogP contribution in [0.3, 0.4) is 0 Å². The molecule has 29 aromatic rings. The second-order valence-corrected chi connectivity index (χ2v) is 37.3. The predicted molar refractivity (Wildman–Crippen MR) is 610 cm³/mol. The first-order valence-corrected chi connectivity index (χ1v) is 49.4. The van der Waals surface area contributed by atoms with E-state index < -0.39 is 0 Å². The van der Waals surface area contributed by atoms with Crippen molar-refractivity contribution >= 4 is 151 Å². The van der Waals surface area contributed by atoms with E-state index in [4.69, 9.17) is 39.9 Å². The minimum atomic E-state index is 0.685. The molecular weight excluding hydrogens is 1770 g/mol. The van der Waals surface area contributed by atoms with Crippen molar-refractivity contribution in [3.05, 3.63) is 516 Å². The maximum absolute atomic E-state index is 5.32. The van der Waals surface area contributed by atoms with E-state index in [0.29, 0.717) is 17.5 Å². The van der Waals surface area contributed by atoms with E-state index in [2.05, 4.69) is 478 Å². The van der Waals surface area contributed by atoms with E-state index in [-0.39, 0.29) is 0 Å². The standard InChI is InChI=1S/2C47H29N3.C43H27N3/c1-6-16-37-30(11-1)25-26-48-46(37)31-21-23-32(24-22-31)47-49-44(42-27-33-12-2-4-14-35(33)38-17-7-9-19-40(38)42)29-45(50-47)43-28-34-13-3-5-15-36(34)39-18-8-10-20-41(39)43;1-2-14-35-29-48-44(27-32(35)11-1)30-21-23-31(24-22-30)47-49-45(42-25-33-12-3-5-15-36(33)38-17-7-9-19-40(38)42)28-46(50-47)43-26-34-13-4-6-16-37(34)39-18-8-10-20-41(39)43;1-3-13-32-30(11-1)25-38(36-17-7-5-15-34(32)36)41-27-42(39-26-31-12-2-4-14-33(31)35-16-6-8-18-37(35)39)46-43(45-41)29-22-20-28(21-23-29)40-19-9-10-24-44-40/h2*1-29H;1-27H. The van der Waals surface area contributed by atoms with E-state index in [1.807, 2.05) is 42.9 Å². The Balaban J connectivity index is 0.000000109. The molecule has 0 saturated carbocycles. The number of pyridine rings is 3. The van der Waals surface area contributed by atoms with E-state index in [9.17, 15) is 0 Å². The molecular formula is C137H85N9. The average molecular weight is 1860 g/mol. The first-order chi connectivity index (χ1) is 72.3. The van der Waals surface area contributed by atoms with Crippen molar-refractivity contribution in [1.29, 1.82) is 0 Å². The largest absolute Gasteiger partial charge is 0.256 e. The van der Waals surface area contributed by atoms with Crippen molar-refractivity contribution in [3.63, 3.8) is 0 Å². The Labute approximate surface area is 841 Å². The summed E-state index contributed by atoms with van der Waals surface area (Å²) in [5.74, 6) is 2.06. The van der Waals surface area contributed by atoms with Gasteiger partial charge in [0.05, 0.1) is 51.2 Å². The van der Waals surface area contributed by atoms with Gasteiger partial charge in [0, 0.05) is 96.1 Å². The molecule has 0 radical (unpaired) electrons. The molecule has 9 nitrogen and oxygen atoms in total. The second-order valence-electron chi connectivity index (χ2n) is 37.3. The molecule has 0 unspecified atom stereocenters. The van der Waals surface area contributed by atoms with Crippen LogP contribution >= 0.6 is 0 Å². The van der Waals surface area contributed by atoms with Crippen molar-refractivity contribution in [2.75, 3.05) is 0 Å². The number of rotatable bonds is 12. The molecule has 678 valence electrons. The van der Waals surface area contributed by atoms with Gasteiger partial charge in [-0.3, -0.25) is 15.0 Å². The highest BCUT2D eigenvalue weighted by Gasteiger charge is 2.24. The van der Waals surface area contributed by atoms with Crippen LogP contribution < -0.4 is 0 Å². The fourth-order valence-corrected chi connectivity index (χ4v) is 21.6. The molecule has 0 aliphatic rings. The van der Waals surface area contributed by atoms with Crippen LogP contribution in [0.5, 0.6) is 0 Å². The van der Waals surface area contributed by atoms with E-state index in [0.717, 1.165) is 129 Å². The minimum Gasteiger partial charge on any atom is -0.256 e. The van der Waals surface area contributed by atoms with Gasteiger partial charge >= 0.3 is 0 Å². The van der Waals surface area contributed by atoms with Gasteiger partial charge in [0.2, 0.25) is 0 Å².